The van der Waals surface area contributed by atoms with Crippen molar-refractivity contribution < 1.29 is 21.8 Å². The van der Waals surface area contributed by atoms with E-state index in [1.54, 1.807) is 24.3 Å². The number of nitrogens with zero attached hydrogens (tertiary/aromatic N) is 1. The molecule has 3 rings (SSSR count). The first kappa shape index (κ1) is 24.2. The Hall–Kier alpha value is -2.48. The van der Waals surface area contributed by atoms with Crippen LogP contribution < -0.4 is 9.44 Å². The van der Waals surface area contributed by atoms with Crippen LogP contribution in [0.15, 0.2) is 79.4 Å². The van der Waals surface area contributed by atoms with Gasteiger partial charge >= 0.3 is 0 Å². The van der Waals surface area contributed by atoms with Crippen molar-refractivity contribution in [2.24, 2.45) is 0 Å². The summed E-state index contributed by atoms with van der Waals surface area (Å²) >= 11 is 6.31. The fraction of sp³-hybridized carbons (Fsp3) is 0.0526. The van der Waals surface area contributed by atoms with Crippen LogP contribution in [0.5, 0.6) is 0 Å². The minimum absolute atomic E-state index is 0.0198. The largest absolute Gasteiger partial charge is 0.284 e. The number of nitro benzene ring substituents is 1. The Balaban J connectivity index is 1.92. The maximum Gasteiger partial charge on any atom is 0.284 e. The van der Waals surface area contributed by atoms with Crippen LogP contribution in [0.4, 0.5) is 17.1 Å². The molecular formula is C19H15Br2N3O6S2. The fourth-order valence-electron chi connectivity index (χ4n) is 2.74. The van der Waals surface area contributed by atoms with Gasteiger partial charge in [-0.3, -0.25) is 19.6 Å². The number of sulfonamides is 2. The first-order valence-corrected chi connectivity index (χ1v) is 13.3. The molecule has 0 unspecified atom stereocenters. The average Bonchev–Trinajstić information content (AvgIpc) is 2.69. The van der Waals surface area contributed by atoms with Crippen LogP contribution in [0.1, 0.15) is 5.56 Å². The van der Waals surface area contributed by atoms with Gasteiger partial charge in [-0.05, 0) is 76.9 Å². The SMILES string of the molecule is Cc1cc(Br)c([N+](=O)[O-])cc1S(=O)(=O)Nc1cccc(S(=O)(=O)Nc2ccc(Br)cc2)c1. The third-order valence-corrected chi connectivity index (χ3v) is 8.29. The standard InChI is InChI=1S/C19H15Br2N3O6S2/c1-12-9-17(21)18(24(25)26)11-19(12)32(29,30)23-15-3-2-4-16(10-15)31(27,28)22-14-7-5-13(20)6-8-14/h2-11,22-23H,1H3. The zero-order chi connectivity index (χ0) is 23.7. The Morgan fingerprint density at radius 1 is 0.844 bits per heavy atom. The summed E-state index contributed by atoms with van der Waals surface area (Å²) in [6, 6.07) is 14.0. The van der Waals surface area contributed by atoms with Gasteiger partial charge in [-0.15, -0.1) is 0 Å². The van der Waals surface area contributed by atoms with Crippen LogP contribution >= 0.6 is 31.9 Å². The van der Waals surface area contributed by atoms with Gasteiger partial charge in [-0.1, -0.05) is 22.0 Å². The monoisotopic (exact) mass is 603 g/mol. The molecular weight excluding hydrogens is 590 g/mol. The van der Waals surface area contributed by atoms with Gasteiger partial charge in [0.2, 0.25) is 0 Å². The maximum atomic E-state index is 12.9. The van der Waals surface area contributed by atoms with E-state index in [9.17, 15) is 26.9 Å². The zero-order valence-corrected chi connectivity index (χ0v) is 21.0. The Bertz CT molecular complexity index is 1410. The van der Waals surface area contributed by atoms with E-state index in [0.29, 0.717) is 5.69 Å². The van der Waals surface area contributed by atoms with Crippen LogP contribution in [-0.2, 0) is 20.0 Å². The molecule has 0 heterocycles. The van der Waals surface area contributed by atoms with Crippen molar-refractivity contribution in [1.82, 2.24) is 0 Å². The third kappa shape index (κ3) is 5.46. The third-order valence-electron chi connectivity index (χ3n) is 4.22. The summed E-state index contributed by atoms with van der Waals surface area (Å²) in [6.07, 6.45) is 0. The number of hydrogen-bond acceptors (Lipinski definition) is 6. The summed E-state index contributed by atoms with van der Waals surface area (Å²) < 4.78 is 56.8. The van der Waals surface area contributed by atoms with Gasteiger partial charge in [0.1, 0.15) is 0 Å². The van der Waals surface area contributed by atoms with E-state index < -0.39 is 30.7 Å². The Morgan fingerprint density at radius 2 is 1.47 bits per heavy atom. The van der Waals surface area contributed by atoms with E-state index in [1.165, 1.54) is 31.2 Å². The highest BCUT2D eigenvalue weighted by molar-refractivity contribution is 9.10. The molecule has 0 spiro atoms. The molecule has 0 saturated heterocycles. The summed E-state index contributed by atoms with van der Waals surface area (Å²) in [5.41, 5.74) is 0.173. The number of anilines is 2. The first-order valence-electron chi connectivity index (χ1n) is 8.75. The predicted octanol–water partition coefficient (Wildman–Crippen LogP) is 5.03. The Labute approximate surface area is 201 Å². The minimum Gasteiger partial charge on any atom is -0.280 e. The molecule has 0 aliphatic rings. The molecule has 168 valence electrons. The highest BCUT2D eigenvalue weighted by Crippen LogP contribution is 2.31. The smallest absolute Gasteiger partial charge is 0.280 e. The lowest BCUT2D eigenvalue weighted by Crippen LogP contribution is -2.16. The van der Waals surface area contributed by atoms with E-state index >= 15 is 0 Å². The van der Waals surface area contributed by atoms with Gasteiger partial charge in [0, 0.05) is 16.2 Å². The van der Waals surface area contributed by atoms with Crippen LogP contribution in [0.3, 0.4) is 0 Å². The summed E-state index contributed by atoms with van der Waals surface area (Å²) in [5, 5.41) is 11.2. The number of hydrogen-bond donors (Lipinski definition) is 2. The second-order valence-electron chi connectivity index (χ2n) is 6.57. The molecule has 9 nitrogen and oxygen atoms in total. The molecule has 0 atom stereocenters. The van der Waals surface area contributed by atoms with E-state index in [1.807, 2.05) is 0 Å². The lowest BCUT2D eigenvalue weighted by molar-refractivity contribution is -0.385. The van der Waals surface area contributed by atoms with Crippen molar-refractivity contribution in [2.75, 3.05) is 9.44 Å². The van der Waals surface area contributed by atoms with Crippen LogP contribution in [0.2, 0.25) is 0 Å². The highest BCUT2D eigenvalue weighted by Gasteiger charge is 2.24. The Morgan fingerprint density at radius 3 is 2.09 bits per heavy atom. The number of halogens is 2. The van der Waals surface area contributed by atoms with Crippen LogP contribution in [0, 0.1) is 17.0 Å². The molecule has 3 aromatic rings. The summed E-state index contributed by atoms with van der Waals surface area (Å²) in [5.74, 6) is 0. The summed E-state index contributed by atoms with van der Waals surface area (Å²) in [4.78, 5) is 10.0. The molecule has 13 heteroatoms. The zero-order valence-electron chi connectivity index (χ0n) is 16.2. The van der Waals surface area contributed by atoms with E-state index in [0.717, 1.165) is 16.6 Å². The molecule has 2 N–H and O–H groups in total. The average molecular weight is 605 g/mol. The number of nitro groups is 1. The molecule has 32 heavy (non-hydrogen) atoms. The molecule has 0 saturated carbocycles. The highest BCUT2D eigenvalue weighted by atomic mass is 79.9. The molecule has 0 amide bonds. The lowest BCUT2D eigenvalue weighted by atomic mass is 10.2. The van der Waals surface area contributed by atoms with Gasteiger partial charge in [0.15, 0.2) is 0 Å². The van der Waals surface area contributed by atoms with Crippen molar-refractivity contribution in [3.8, 4) is 0 Å². The quantitative estimate of drug-likeness (QED) is 0.287. The van der Waals surface area contributed by atoms with Crippen LogP contribution in [-0.4, -0.2) is 21.8 Å². The van der Waals surface area contributed by atoms with Gasteiger partial charge in [-0.25, -0.2) is 16.8 Å². The minimum atomic E-state index is -4.24. The molecule has 0 aliphatic carbocycles. The van der Waals surface area contributed by atoms with Gasteiger partial charge < -0.3 is 0 Å². The molecule has 3 aromatic carbocycles. The molecule has 0 fully saturated rings. The number of aryl methyl sites for hydroxylation is 1. The topological polar surface area (TPSA) is 135 Å². The predicted molar refractivity (Wildman–Crippen MR) is 128 cm³/mol. The number of nitrogens with one attached hydrogen (secondary N) is 2. The van der Waals surface area contributed by atoms with Crippen molar-refractivity contribution >= 4 is 69.0 Å². The number of benzene rings is 3. The van der Waals surface area contributed by atoms with Crippen molar-refractivity contribution in [1.29, 1.82) is 0 Å². The summed E-state index contributed by atoms with van der Waals surface area (Å²) in [7, 11) is -8.23. The molecule has 0 bridgehead atoms. The second kappa shape index (κ2) is 9.17. The van der Waals surface area contributed by atoms with Gasteiger partial charge in [0.05, 0.1) is 24.9 Å². The van der Waals surface area contributed by atoms with E-state index in [-0.39, 0.29) is 25.5 Å². The van der Waals surface area contributed by atoms with Crippen LogP contribution in [0.25, 0.3) is 0 Å². The summed E-state index contributed by atoms with van der Waals surface area (Å²) in [6.45, 7) is 1.49. The molecule has 0 aliphatic heterocycles. The van der Waals surface area contributed by atoms with Gasteiger partial charge in [-0.2, -0.15) is 0 Å². The fourth-order valence-corrected chi connectivity index (χ4v) is 6.01. The lowest BCUT2D eigenvalue weighted by Gasteiger charge is -2.13. The molecule has 0 radical (unpaired) electrons. The maximum absolute atomic E-state index is 12.9. The van der Waals surface area contributed by atoms with Crippen molar-refractivity contribution in [3.05, 3.63) is 85.3 Å². The van der Waals surface area contributed by atoms with Gasteiger partial charge in [0.25, 0.3) is 25.7 Å². The van der Waals surface area contributed by atoms with E-state index in [2.05, 4.69) is 41.3 Å². The second-order valence-corrected chi connectivity index (χ2v) is 11.7. The van der Waals surface area contributed by atoms with E-state index in [4.69, 9.17) is 0 Å². The number of rotatable bonds is 7. The Kier molecular flexibility index (Phi) is 6.93. The molecule has 0 aromatic heterocycles. The first-order chi connectivity index (χ1) is 14.9. The van der Waals surface area contributed by atoms with Crippen molar-refractivity contribution in [3.63, 3.8) is 0 Å². The van der Waals surface area contributed by atoms with Crippen molar-refractivity contribution in [2.45, 2.75) is 16.7 Å². The normalized spacial score (nSPS) is 11.7.